The lowest BCUT2D eigenvalue weighted by Crippen LogP contribution is -2.36. The Labute approximate surface area is 151 Å². The molecule has 0 radical (unpaired) electrons. The van der Waals surface area contributed by atoms with Crippen LogP contribution in [-0.2, 0) is 14.3 Å². The molecular weight excluding hydrogens is 332 g/mol. The van der Waals surface area contributed by atoms with Gasteiger partial charge in [0.1, 0.15) is 11.5 Å². The first-order valence-corrected chi connectivity index (χ1v) is 7.84. The zero-order chi connectivity index (χ0) is 19.1. The normalized spacial score (nSPS) is 9.92. The third kappa shape index (κ3) is 5.01. The van der Waals surface area contributed by atoms with E-state index < -0.39 is 5.91 Å². The molecule has 0 spiro atoms. The van der Waals surface area contributed by atoms with Gasteiger partial charge < -0.3 is 15.4 Å². The van der Waals surface area contributed by atoms with Gasteiger partial charge in [0.2, 0.25) is 5.91 Å². The summed E-state index contributed by atoms with van der Waals surface area (Å²) in [6.45, 7) is 9.05. The molecule has 134 valence electrons. The molecule has 0 aliphatic heterocycles. The van der Waals surface area contributed by atoms with Crippen molar-refractivity contribution in [2.24, 2.45) is 0 Å². The van der Waals surface area contributed by atoms with E-state index in [0.717, 1.165) is 16.8 Å². The number of aromatic nitrogens is 2. The average Bonchev–Trinajstić information content (AvgIpc) is 2.65. The predicted octanol–water partition coefficient (Wildman–Crippen LogP) is 1.82. The summed E-state index contributed by atoms with van der Waals surface area (Å²) in [5.41, 5.74) is 3.31. The minimum absolute atomic E-state index is 0.164. The Balaban J connectivity index is 1.98. The van der Waals surface area contributed by atoms with Crippen LogP contribution in [0.4, 0.5) is 0 Å². The largest absolute Gasteiger partial charge is 0.451 e. The molecule has 0 aliphatic carbocycles. The van der Waals surface area contributed by atoms with Gasteiger partial charge in [-0.3, -0.25) is 19.6 Å². The number of pyridine rings is 2. The van der Waals surface area contributed by atoms with Crippen molar-refractivity contribution in [2.75, 3.05) is 13.6 Å². The zero-order valence-corrected chi connectivity index (χ0v) is 14.7. The summed E-state index contributed by atoms with van der Waals surface area (Å²) in [4.78, 5) is 31.4. The minimum Gasteiger partial charge on any atom is -0.451 e. The van der Waals surface area contributed by atoms with Crippen molar-refractivity contribution in [1.29, 1.82) is 0 Å². The van der Waals surface area contributed by atoms with Crippen LogP contribution in [-0.4, -0.2) is 35.4 Å². The summed E-state index contributed by atoms with van der Waals surface area (Å²) in [5, 5.41) is 4.78. The molecule has 0 bridgehead atoms. The van der Waals surface area contributed by atoms with Crippen molar-refractivity contribution in [3.8, 4) is 11.1 Å². The number of nitrogens with zero attached hydrogens (tertiary/aromatic N) is 2. The molecule has 26 heavy (non-hydrogen) atoms. The highest BCUT2D eigenvalue weighted by Crippen LogP contribution is 2.21. The third-order valence-corrected chi connectivity index (χ3v) is 3.47. The number of carbonyl (C=O) groups is 2. The SMILES string of the molecule is C=C(OC(=C)c1ccc(-c2ccnc(C)c2)cn1)C(=O)NCC(=O)NC. The molecule has 0 atom stereocenters. The summed E-state index contributed by atoms with van der Waals surface area (Å²) >= 11 is 0. The molecule has 0 saturated carbocycles. The molecule has 0 fully saturated rings. The van der Waals surface area contributed by atoms with Crippen LogP contribution in [0, 0.1) is 6.92 Å². The molecule has 2 aromatic heterocycles. The Morgan fingerprint density at radius 1 is 1.15 bits per heavy atom. The maximum atomic E-state index is 11.8. The number of amides is 2. The van der Waals surface area contributed by atoms with Gasteiger partial charge >= 0.3 is 0 Å². The van der Waals surface area contributed by atoms with Gasteiger partial charge in [0.05, 0.1) is 6.54 Å². The Morgan fingerprint density at radius 2 is 1.92 bits per heavy atom. The van der Waals surface area contributed by atoms with Gasteiger partial charge in [0, 0.05) is 30.7 Å². The van der Waals surface area contributed by atoms with E-state index in [1.54, 1.807) is 18.5 Å². The van der Waals surface area contributed by atoms with E-state index in [4.69, 9.17) is 4.74 Å². The molecular formula is C19H20N4O3. The zero-order valence-electron chi connectivity index (χ0n) is 14.7. The fourth-order valence-electron chi connectivity index (χ4n) is 2.05. The lowest BCUT2D eigenvalue weighted by molar-refractivity contribution is -0.125. The van der Waals surface area contributed by atoms with Crippen LogP contribution in [0.3, 0.4) is 0 Å². The maximum Gasteiger partial charge on any atom is 0.286 e. The van der Waals surface area contributed by atoms with Crippen LogP contribution in [0.5, 0.6) is 0 Å². The number of nitrogens with one attached hydrogen (secondary N) is 2. The van der Waals surface area contributed by atoms with Crippen molar-refractivity contribution >= 4 is 17.6 Å². The standard InChI is InChI=1S/C19H20N4O3/c1-12-9-15(7-8-21-12)16-5-6-17(22-10-16)13(2)26-14(3)19(25)23-11-18(24)20-4/h5-10H,2-3,11H2,1,4H3,(H,20,24)(H,23,25). The lowest BCUT2D eigenvalue weighted by Gasteiger charge is -2.11. The van der Waals surface area contributed by atoms with Crippen LogP contribution < -0.4 is 10.6 Å². The molecule has 7 heteroatoms. The number of likely N-dealkylation sites (N-methyl/N-ethyl adjacent to an activating group) is 1. The van der Waals surface area contributed by atoms with Crippen LogP contribution in [0.2, 0.25) is 0 Å². The maximum absolute atomic E-state index is 11.8. The second-order valence-corrected chi connectivity index (χ2v) is 5.42. The summed E-state index contributed by atoms with van der Waals surface area (Å²) in [7, 11) is 1.48. The minimum atomic E-state index is -0.598. The van der Waals surface area contributed by atoms with E-state index in [1.807, 2.05) is 25.1 Å². The highest BCUT2D eigenvalue weighted by Gasteiger charge is 2.13. The van der Waals surface area contributed by atoms with Crippen LogP contribution in [0.1, 0.15) is 11.4 Å². The molecule has 2 aromatic rings. The number of ether oxygens (including phenoxy) is 1. The number of rotatable bonds is 7. The van der Waals surface area contributed by atoms with Gasteiger partial charge in [0.15, 0.2) is 5.76 Å². The molecule has 0 saturated heterocycles. The number of hydrogen-bond donors (Lipinski definition) is 2. The molecule has 2 rings (SSSR count). The van der Waals surface area contributed by atoms with Crippen molar-refractivity contribution in [1.82, 2.24) is 20.6 Å². The van der Waals surface area contributed by atoms with Gasteiger partial charge in [-0.15, -0.1) is 0 Å². The summed E-state index contributed by atoms with van der Waals surface area (Å²) in [5.74, 6) is -0.913. The summed E-state index contributed by atoms with van der Waals surface area (Å²) in [6, 6.07) is 7.47. The van der Waals surface area contributed by atoms with E-state index in [1.165, 1.54) is 7.05 Å². The van der Waals surface area contributed by atoms with Crippen molar-refractivity contribution in [2.45, 2.75) is 6.92 Å². The topological polar surface area (TPSA) is 93.2 Å². The van der Waals surface area contributed by atoms with E-state index in [9.17, 15) is 9.59 Å². The lowest BCUT2D eigenvalue weighted by atomic mass is 10.1. The van der Waals surface area contributed by atoms with Gasteiger partial charge in [-0.2, -0.15) is 0 Å². The smallest absolute Gasteiger partial charge is 0.286 e. The molecule has 0 unspecified atom stereocenters. The van der Waals surface area contributed by atoms with E-state index in [-0.39, 0.29) is 24.0 Å². The van der Waals surface area contributed by atoms with Gasteiger partial charge in [-0.05, 0) is 30.7 Å². The Bertz CT molecular complexity index is 844. The molecule has 2 N–H and O–H groups in total. The molecule has 2 amide bonds. The Morgan fingerprint density at radius 3 is 2.54 bits per heavy atom. The molecule has 2 heterocycles. The average molecular weight is 352 g/mol. The monoisotopic (exact) mass is 352 g/mol. The van der Waals surface area contributed by atoms with Crippen molar-refractivity contribution in [3.63, 3.8) is 0 Å². The molecule has 7 nitrogen and oxygen atoms in total. The van der Waals surface area contributed by atoms with E-state index in [0.29, 0.717) is 5.69 Å². The fourth-order valence-corrected chi connectivity index (χ4v) is 2.05. The molecule has 0 aliphatic rings. The number of aryl methyl sites for hydroxylation is 1. The molecule has 0 aromatic carbocycles. The second kappa shape index (κ2) is 8.57. The fraction of sp³-hybridized carbons (Fsp3) is 0.158. The van der Waals surface area contributed by atoms with Crippen LogP contribution in [0.25, 0.3) is 16.9 Å². The summed E-state index contributed by atoms with van der Waals surface area (Å²) in [6.07, 6.45) is 3.43. The first kappa shape index (κ1) is 18.9. The summed E-state index contributed by atoms with van der Waals surface area (Å²) < 4.78 is 5.32. The van der Waals surface area contributed by atoms with Crippen LogP contribution in [0.15, 0.2) is 55.6 Å². The van der Waals surface area contributed by atoms with Gasteiger partial charge in [-0.25, -0.2) is 0 Å². The van der Waals surface area contributed by atoms with Crippen LogP contribution >= 0.6 is 0 Å². The van der Waals surface area contributed by atoms with Crippen molar-refractivity contribution in [3.05, 3.63) is 67.0 Å². The first-order valence-electron chi connectivity index (χ1n) is 7.84. The van der Waals surface area contributed by atoms with E-state index in [2.05, 4.69) is 33.8 Å². The predicted molar refractivity (Wildman–Crippen MR) is 98.5 cm³/mol. The van der Waals surface area contributed by atoms with Gasteiger partial charge in [0.25, 0.3) is 5.91 Å². The Hall–Kier alpha value is -3.48. The second-order valence-electron chi connectivity index (χ2n) is 5.42. The highest BCUT2D eigenvalue weighted by atomic mass is 16.5. The number of hydrogen-bond acceptors (Lipinski definition) is 5. The number of carbonyl (C=O) groups excluding carboxylic acids is 2. The quantitative estimate of drug-likeness (QED) is 0.586. The van der Waals surface area contributed by atoms with Gasteiger partial charge in [-0.1, -0.05) is 19.2 Å². The first-order chi connectivity index (χ1) is 12.4. The highest BCUT2D eigenvalue weighted by molar-refractivity contribution is 5.94. The van der Waals surface area contributed by atoms with E-state index >= 15 is 0 Å². The third-order valence-electron chi connectivity index (χ3n) is 3.47. The Kier molecular flexibility index (Phi) is 6.21. The van der Waals surface area contributed by atoms with Crippen molar-refractivity contribution < 1.29 is 14.3 Å².